The molecule has 0 saturated carbocycles. The topological polar surface area (TPSA) is 94.7 Å². The first-order valence-corrected chi connectivity index (χ1v) is 10.1. The van der Waals surface area contributed by atoms with E-state index in [9.17, 15) is 4.79 Å². The van der Waals surface area contributed by atoms with Crippen molar-refractivity contribution in [1.82, 2.24) is 24.6 Å². The largest absolute Gasteiger partial charge is 0.460 e. The Hall–Kier alpha value is -4.01. The van der Waals surface area contributed by atoms with Crippen molar-refractivity contribution < 1.29 is 14.3 Å². The third-order valence-corrected chi connectivity index (χ3v) is 5.19. The fourth-order valence-corrected chi connectivity index (χ4v) is 3.73. The molecule has 1 saturated heterocycles. The predicted molar refractivity (Wildman–Crippen MR) is 112 cm³/mol. The van der Waals surface area contributed by atoms with Gasteiger partial charge in [-0.1, -0.05) is 18.2 Å². The van der Waals surface area contributed by atoms with Gasteiger partial charge >= 0.3 is 5.97 Å². The summed E-state index contributed by atoms with van der Waals surface area (Å²) in [6.07, 6.45) is 6.68. The summed E-state index contributed by atoms with van der Waals surface area (Å²) in [5.41, 5.74) is 0.290. The standard InChI is InChI=1S/C22H20N6O3/c29-21(18-9-4-11-23-20(18)31-17-7-2-1-3-8-17)30-14-16-6-5-13-27(16)19-10-12-24-22-25-15-26-28(19)22/h1-4,7-12,15-16H,5-6,13-14H2/t16-/m1/s1. The molecule has 156 valence electrons. The molecule has 0 amide bonds. The van der Waals surface area contributed by atoms with Crippen LogP contribution in [0.2, 0.25) is 0 Å². The van der Waals surface area contributed by atoms with Crippen molar-refractivity contribution in [2.24, 2.45) is 0 Å². The second kappa shape index (κ2) is 8.39. The molecule has 0 spiro atoms. The van der Waals surface area contributed by atoms with Gasteiger partial charge < -0.3 is 14.4 Å². The lowest BCUT2D eigenvalue weighted by molar-refractivity contribution is 0.0479. The summed E-state index contributed by atoms with van der Waals surface area (Å²) in [5, 5.41) is 4.26. The van der Waals surface area contributed by atoms with E-state index in [1.165, 1.54) is 6.33 Å². The van der Waals surface area contributed by atoms with Gasteiger partial charge in [-0.05, 0) is 43.2 Å². The summed E-state index contributed by atoms with van der Waals surface area (Å²) >= 11 is 0. The van der Waals surface area contributed by atoms with Crippen LogP contribution in [-0.4, -0.2) is 49.7 Å². The summed E-state index contributed by atoms with van der Waals surface area (Å²) in [6, 6.07) is 14.5. The van der Waals surface area contributed by atoms with Crippen molar-refractivity contribution in [1.29, 1.82) is 0 Å². The number of hydrogen-bond donors (Lipinski definition) is 0. The number of carbonyl (C=O) groups excluding carboxylic acids is 1. The number of benzene rings is 1. The molecule has 1 atom stereocenters. The molecule has 4 heterocycles. The van der Waals surface area contributed by atoms with Crippen molar-refractivity contribution in [3.05, 3.63) is 72.8 Å². The number of esters is 1. The molecule has 1 aliphatic rings. The second-order valence-electron chi connectivity index (χ2n) is 7.13. The molecule has 3 aromatic heterocycles. The van der Waals surface area contributed by atoms with Crippen LogP contribution in [0, 0.1) is 0 Å². The van der Waals surface area contributed by atoms with Gasteiger partial charge in [-0.25, -0.2) is 14.8 Å². The number of ether oxygens (including phenoxy) is 2. The van der Waals surface area contributed by atoms with Gasteiger partial charge in [-0.15, -0.1) is 0 Å². The Bertz CT molecular complexity index is 1200. The molecule has 1 fully saturated rings. The molecule has 0 N–H and O–H groups in total. The van der Waals surface area contributed by atoms with Gasteiger partial charge in [0.25, 0.3) is 5.78 Å². The molecule has 9 heteroatoms. The Morgan fingerprint density at radius 3 is 2.84 bits per heavy atom. The summed E-state index contributed by atoms with van der Waals surface area (Å²) in [7, 11) is 0. The Morgan fingerprint density at radius 1 is 1.03 bits per heavy atom. The quantitative estimate of drug-likeness (QED) is 0.443. The summed E-state index contributed by atoms with van der Waals surface area (Å²) in [5.74, 6) is 1.78. The summed E-state index contributed by atoms with van der Waals surface area (Å²) in [6.45, 7) is 1.09. The number of rotatable bonds is 6. The zero-order chi connectivity index (χ0) is 21.0. The molecule has 0 radical (unpaired) electrons. The van der Waals surface area contributed by atoms with Crippen LogP contribution in [0.15, 0.2) is 67.3 Å². The number of pyridine rings is 1. The fraction of sp³-hybridized carbons (Fsp3) is 0.227. The second-order valence-corrected chi connectivity index (χ2v) is 7.13. The Balaban J connectivity index is 1.30. The maximum Gasteiger partial charge on any atom is 0.343 e. The van der Waals surface area contributed by atoms with Crippen LogP contribution >= 0.6 is 0 Å². The average Bonchev–Trinajstić information content (AvgIpc) is 3.48. The first-order chi connectivity index (χ1) is 15.3. The predicted octanol–water partition coefficient (Wildman–Crippen LogP) is 3.14. The number of anilines is 1. The third kappa shape index (κ3) is 3.89. The highest BCUT2D eigenvalue weighted by molar-refractivity contribution is 5.91. The fourth-order valence-electron chi connectivity index (χ4n) is 3.73. The maximum absolute atomic E-state index is 12.8. The van der Waals surface area contributed by atoms with Gasteiger partial charge in [0, 0.05) is 18.9 Å². The van der Waals surface area contributed by atoms with E-state index in [0.29, 0.717) is 17.1 Å². The Kier molecular flexibility index (Phi) is 5.14. The first kappa shape index (κ1) is 19.0. The molecule has 31 heavy (non-hydrogen) atoms. The number of aromatic nitrogens is 5. The van der Waals surface area contributed by atoms with Crippen LogP contribution in [-0.2, 0) is 4.74 Å². The molecule has 0 aliphatic carbocycles. The number of fused-ring (bicyclic) bond motifs is 1. The van der Waals surface area contributed by atoms with E-state index >= 15 is 0 Å². The minimum Gasteiger partial charge on any atom is -0.460 e. The highest BCUT2D eigenvalue weighted by Gasteiger charge is 2.29. The first-order valence-electron chi connectivity index (χ1n) is 10.1. The molecule has 0 bridgehead atoms. The Morgan fingerprint density at radius 2 is 1.94 bits per heavy atom. The zero-order valence-corrected chi connectivity index (χ0v) is 16.7. The summed E-state index contributed by atoms with van der Waals surface area (Å²) < 4.78 is 13.2. The minimum atomic E-state index is -0.466. The van der Waals surface area contributed by atoms with E-state index in [1.54, 1.807) is 41.2 Å². The maximum atomic E-state index is 12.8. The average molecular weight is 416 g/mol. The molecule has 9 nitrogen and oxygen atoms in total. The van der Waals surface area contributed by atoms with Crippen molar-refractivity contribution in [2.75, 3.05) is 18.1 Å². The number of hydrogen-bond acceptors (Lipinski definition) is 8. The van der Waals surface area contributed by atoms with E-state index in [2.05, 4.69) is 25.0 Å². The lowest BCUT2D eigenvalue weighted by Gasteiger charge is -2.26. The number of para-hydroxylation sites is 1. The molecule has 5 rings (SSSR count). The summed E-state index contributed by atoms with van der Waals surface area (Å²) in [4.78, 5) is 27.6. The van der Waals surface area contributed by atoms with Crippen LogP contribution in [0.1, 0.15) is 23.2 Å². The molecule has 0 unspecified atom stereocenters. The van der Waals surface area contributed by atoms with Crippen LogP contribution < -0.4 is 9.64 Å². The van der Waals surface area contributed by atoms with Gasteiger partial charge in [-0.2, -0.15) is 14.6 Å². The number of carbonyl (C=O) groups is 1. The molecular formula is C22H20N6O3. The molecule has 1 aliphatic heterocycles. The zero-order valence-electron chi connectivity index (χ0n) is 16.7. The Labute approximate surface area is 178 Å². The van der Waals surface area contributed by atoms with Crippen LogP contribution in [0.5, 0.6) is 11.6 Å². The van der Waals surface area contributed by atoms with Crippen LogP contribution in [0.4, 0.5) is 5.82 Å². The highest BCUT2D eigenvalue weighted by Crippen LogP contribution is 2.27. The van der Waals surface area contributed by atoms with E-state index in [0.717, 1.165) is 25.2 Å². The number of nitrogens with zero attached hydrogens (tertiary/aromatic N) is 6. The van der Waals surface area contributed by atoms with Gasteiger partial charge in [0.15, 0.2) is 0 Å². The van der Waals surface area contributed by atoms with Crippen LogP contribution in [0.3, 0.4) is 0 Å². The normalized spacial score (nSPS) is 15.9. The van der Waals surface area contributed by atoms with Crippen molar-refractivity contribution >= 4 is 17.6 Å². The molecule has 1 aromatic carbocycles. The van der Waals surface area contributed by atoms with Crippen molar-refractivity contribution in [2.45, 2.75) is 18.9 Å². The molecular weight excluding hydrogens is 396 g/mol. The smallest absolute Gasteiger partial charge is 0.343 e. The van der Waals surface area contributed by atoms with E-state index in [1.807, 2.05) is 24.3 Å². The van der Waals surface area contributed by atoms with Gasteiger partial charge in [0.1, 0.15) is 30.1 Å². The van der Waals surface area contributed by atoms with Crippen LogP contribution in [0.25, 0.3) is 5.78 Å². The lowest BCUT2D eigenvalue weighted by Crippen LogP contribution is -2.35. The van der Waals surface area contributed by atoms with Gasteiger partial charge in [0.05, 0.1) is 6.04 Å². The lowest BCUT2D eigenvalue weighted by atomic mass is 10.2. The van der Waals surface area contributed by atoms with Crippen molar-refractivity contribution in [3.63, 3.8) is 0 Å². The van der Waals surface area contributed by atoms with E-state index < -0.39 is 5.97 Å². The SMILES string of the molecule is O=C(OC[C@H]1CCCN1c1ccnc2ncnn12)c1cccnc1Oc1ccccc1. The van der Waals surface area contributed by atoms with Crippen molar-refractivity contribution in [3.8, 4) is 11.6 Å². The van der Waals surface area contributed by atoms with E-state index in [-0.39, 0.29) is 18.5 Å². The monoisotopic (exact) mass is 416 g/mol. The highest BCUT2D eigenvalue weighted by atomic mass is 16.5. The minimum absolute atomic E-state index is 0.0360. The van der Waals surface area contributed by atoms with Gasteiger partial charge in [-0.3, -0.25) is 0 Å². The van der Waals surface area contributed by atoms with E-state index in [4.69, 9.17) is 9.47 Å². The third-order valence-electron chi connectivity index (χ3n) is 5.19. The van der Waals surface area contributed by atoms with Gasteiger partial charge in [0.2, 0.25) is 5.88 Å². The molecule has 4 aromatic rings.